The number of carbonyl (C=O) groups is 1. The predicted molar refractivity (Wildman–Crippen MR) is 101 cm³/mol. The van der Waals surface area contributed by atoms with Gasteiger partial charge in [-0.05, 0) is 23.6 Å². The van der Waals surface area contributed by atoms with Crippen molar-refractivity contribution in [1.29, 1.82) is 0 Å². The summed E-state index contributed by atoms with van der Waals surface area (Å²) in [5.74, 6) is 0.920. The van der Waals surface area contributed by atoms with Gasteiger partial charge in [-0.15, -0.1) is 11.3 Å². The zero-order valence-corrected chi connectivity index (χ0v) is 14.9. The van der Waals surface area contributed by atoms with Gasteiger partial charge in [0.15, 0.2) is 0 Å². The first-order chi connectivity index (χ1) is 12.3. The number of fused-ring (bicyclic) bond motifs is 1. The highest BCUT2D eigenvalue weighted by Crippen LogP contribution is 2.33. The molecule has 25 heavy (non-hydrogen) atoms. The van der Waals surface area contributed by atoms with E-state index in [-0.39, 0.29) is 11.9 Å². The number of nitrogens with zero attached hydrogens (tertiary/aromatic N) is 1. The third-order valence-electron chi connectivity index (χ3n) is 4.64. The van der Waals surface area contributed by atoms with Crippen LogP contribution in [0.25, 0.3) is 10.1 Å². The largest absolute Gasteiger partial charge is 0.496 e. The van der Waals surface area contributed by atoms with E-state index in [0.29, 0.717) is 6.54 Å². The molecular weight excluding hydrogens is 332 g/mol. The molecule has 1 atom stereocenters. The molecule has 0 bridgehead atoms. The summed E-state index contributed by atoms with van der Waals surface area (Å²) in [6, 6.07) is 18.1. The lowest BCUT2D eigenvalue weighted by Gasteiger charge is -2.36. The molecule has 0 radical (unpaired) electrons. The second kappa shape index (κ2) is 6.86. The first-order valence-corrected chi connectivity index (χ1v) is 9.23. The number of piperazine rings is 1. The number of thiophene rings is 1. The van der Waals surface area contributed by atoms with Crippen LogP contribution in [-0.4, -0.2) is 37.6 Å². The van der Waals surface area contributed by atoms with Crippen LogP contribution in [0.15, 0.2) is 54.6 Å². The molecule has 0 saturated carbocycles. The fourth-order valence-corrected chi connectivity index (χ4v) is 4.41. The topological polar surface area (TPSA) is 41.6 Å². The Balaban J connectivity index is 1.69. The molecule has 1 unspecified atom stereocenters. The van der Waals surface area contributed by atoms with Crippen molar-refractivity contribution >= 4 is 27.3 Å². The molecule has 1 aromatic heterocycles. The lowest BCUT2D eigenvalue weighted by atomic mass is 10.0. The smallest absolute Gasteiger partial charge is 0.264 e. The van der Waals surface area contributed by atoms with Crippen LogP contribution in [0, 0.1) is 0 Å². The predicted octanol–water partition coefficient (Wildman–Crippen LogP) is 3.70. The highest BCUT2D eigenvalue weighted by atomic mass is 32.1. The van der Waals surface area contributed by atoms with E-state index in [1.807, 2.05) is 47.4 Å². The second-order valence-electron chi connectivity index (χ2n) is 6.11. The molecule has 5 heteroatoms. The molecule has 4 nitrogen and oxygen atoms in total. The number of carbonyl (C=O) groups excluding carboxylic acids is 1. The van der Waals surface area contributed by atoms with Crippen molar-refractivity contribution < 1.29 is 9.53 Å². The summed E-state index contributed by atoms with van der Waals surface area (Å²) in [5, 5.41) is 4.53. The van der Waals surface area contributed by atoms with Crippen LogP contribution < -0.4 is 10.1 Å². The van der Waals surface area contributed by atoms with Gasteiger partial charge in [0, 0.05) is 29.9 Å². The normalized spacial score (nSPS) is 17.6. The molecule has 2 heterocycles. The van der Waals surface area contributed by atoms with E-state index >= 15 is 0 Å². The molecule has 1 aliphatic heterocycles. The van der Waals surface area contributed by atoms with Crippen LogP contribution in [0.3, 0.4) is 0 Å². The summed E-state index contributed by atoms with van der Waals surface area (Å²) in [4.78, 5) is 16.0. The Morgan fingerprint density at radius 1 is 1.20 bits per heavy atom. The molecule has 0 aliphatic carbocycles. The average molecular weight is 352 g/mol. The van der Waals surface area contributed by atoms with E-state index < -0.39 is 0 Å². The summed E-state index contributed by atoms with van der Waals surface area (Å²) < 4.78 is 6.67. The molecule has 1 aliphatic rings. The first kappa shape index (κ1) is 16.1. The Morgan fingerprint density at radius 2 is 2.00 bits per heavy atom. The van der Waals surface area contributed by atoms with E-state index in [4.69, 9.17) is 4.74 Å². The van der Waals surface area contributed by atoms with Gasteiger partial charge in [0.1, 0.15) is 5.75 Å². The number of hydrogen-bond acceptors (Lipinski definition) is 4. The van der Waals surface area contributed by atoms with Crippen LogP contribution in [0.5, 0.6) is 5.75 Å². The molecule has 3 aromatic rings. The number of rotatable bonds is 3. The van der Waals surface area contributed by atoms with Crippen molar-refractivity contribution in [2.24, 2.45) is 0 Å². The van der Waals surface area contributed by atoms with Crippen molar-refractivity contribution in [2.75, 3.05) is 26.7 Å². The Labute approximate surface area is 151 Å². The Kier molecular flexibility index (Phi) is 4.42. The van der Waals surface area contributed by atoms with E-state index in [0.717, 1.165) is 39.4 Å². The summed E-state index contributed by atoms with van der Waals surface area (Å²) in [5.41, 5.74) is 1.05. The number of benzene rings is 2. The van der Waals surface area contributed by atoms with Crippen LogP contribution in [-0.2, 0) is 0 Å². The molecule has 1 fully saturated rings. The zero-order chi connectivity index (χ0) is 17.2. The number of ether oxygens (including phenoxy) is 1. The minimum Gasteiger partial charge on any atom is -0.496 e. The number of methoxy groups -OCH3 is 1. The van der Waals surface area contributed by atoms with Gasteiger partial charge in [0.05, 0.1) is 18.0 Å². The minimum atomic E-state index is -0.0254. The van der Waals surface area contributed by atoms with Crippen LogP contribution in [0.1, 0.15) is 21.3 Å². The first-order valence-electron chi connectivity index (χ1n) is 8.41. The van der Waals surface area contributed by atoms with Crippen molar-refractivity contribution in [2.45, 2.75) is 6.04 Å². The maximum atomic E-state index is 13.2. The van der Waals surface area contributed by atoms with E-state index in [1.54, 1.807) is 18.4 Å². The summed E-state index contributed by atoms with van der Waals surface area (Å²) in [7, 11) is 1.67. The monoisotopic (exact) mass is 352 g/mol. The molecule has 128 valence electrons. The molecule has 4 rings (SSSR count). The van der Waals surface area contributed by atoms with Crippen molar-refractivity contribution in [1.82, 2.24) is 10.2 Å². The van der Waals surface area contributed by atoms with Crippen molar-refractivity contribution in [3.8, 4) is 5.75 Å². The van der Waals surface area contributed by atoms with E-state index in [2.05, 4.69) is 17.4 Å². The SMILES string of the molecule is COc1ccccc1C1CNCCN1C(=O)c1cc2ccccc2s1. The van der Waals surface area contributed by atoms with Gasteiger partial charge >= 0.3 is 0 Å². The lowest BCUT2D eigenvalue weighted by molar-refractivity contribution is 0.0637. The van der Waals surface area contributed by atoms with E-state index in [1.165, 1.54) is 0 Å². The Bertz CT molecular complexity index is 872. The average Bonchev–Trinajstić information content (AvgIpc) is 3.11. The zero-order valence-electron chi connectivity index (χ0n) is 14.1. The van der Waals surface area contributed by atoms with Gasteiger partial charge in [-0.25, -0.2) is 0 Å². The van der Waals surface area contributed by atoms with Crippen molar-refractivity contribution in [3.63, 3.8) is 0 Å². The number of nitrogens with one attached hydrogen (secondary N) is 1. The summed E-state index contributed by atoms with van der Waals surface area (Å²) in [6.45, 7) is 2.23. The van der Waals surface area contributed by atoms with Crippen LogP contribution in [0.4, 0.5) is 0 Å². The molecule has 0 spiro atoms. The van der Waals surface area contributed by atoms with Gasteiger partial charge in [-0.3, -0.25) is 4.79 Å². The van der Waals surface area contributed by atoms with Gasteiger partial charge in [-0.2, -0.15) is 0 Å². The molecular formula is C20H20N2O2S. The maximum absolute atomic E-state index is 13.2. The fraction of sp³-hybridized carbons (Fsp3) is 0.250. The third kappa shape index (κ3) is 3.01. The van der Waals surface area contributed by atoms with E-state index in [9.17, 15) is 4.79 Å². The molecule has 1 N–H and O–H groups in total. The Hall–Kier alpha value is -2.37. The summed E-state index contributed by atoms with van der Waals surface area (Å²) >= 11 is 1.56. The van der Waals surface area contributed by atoms with Crippen LogP contribution >= 0.6 is 11.3 Å². The van der Waals surface area contributed by atoms with Gasteiger partial charge in [-0.1, -0.05) is 36.4 Å². The van der Waals surface area contributed by atoms with Gasteiger partial charge in [0.25, 0.3) is 5.91 Å². The standard InChI is InChI=1S/C20H20N2O2S/c1-24-17-8-4-3-7-15(17)16-13-21-10-11-22(16)20(23)19-12-14-6-2-5-9-18(14)25-19/h2-9,12,16,21H,10-11,13H2,1H3. The third-order valence-corrected chi connectivity index (χ3v) is 5.74. The quantitative estimate of drug-likeness (QED) is 0.781. The fourth-order valence-electron chi connectivity index (χ4n) is 3.40. The van der Waals surface area contributed by atoms with Gasteiger partial charge in [0.2, 0.25) is 0 Å². The minimum absolute atomic E-state index is 0.0254. The lowest BCUT2D eigenvalue weighted by Crippen LogP contribution is -2.48. The highest BCUT2D eigenvalue weighted by molar-refractivity contribution is 7.20. The second-order valence-corrected chi connectivity index (χ2v) is 7.19. The Morgan fingerprint density at radius 3 is 2.84 bits per heavy atom. The molecule has 1 amide bonds. The number of para-hydroxylation sites is 1. The number of hydrogen-bond donors (Lipinski definition) is 1. The maximum Gasteiger partial charge on any atom is 0.264 e. The summed E-state index contributed by atoms with van der Waals surface area (Å²) in [6.07, 6.45) is 0. The number of amides is 1. The molecule has 2 aromatic carbocycles. The van der Waals surface area contributed by atoms with Gasteiger partial charge < -0.3 is 15.0 Å². The molecule has 1 saturated heterocycles. The van der Waals surface area contributed by atoms with Crippen molar-refractivity contribution in [3.05, 3.63) is 65.0 Å². The van der Waals surface area contributed by atoms with Crippen LogP contribution in [0.2, 0.25) is 0 Å². The highest BCUT2D eigenvalue weighted by Gasteiger charge is 2.31.